The predicted molar refractivity (Wildman–Crippen MR) is 85.7 cm³/mol. The third kappa shape index (κ3) is 3.29. The molecule has 0 spiro atoms. The topological polar surface area (TPSA) is 54.0 Å². The van der Waals surface area contributed by atoms with E-state index in [0.29, 0.717) is 11.2 Å². The summed E-state index contributed by atoms with van der Waals surface area (Å²) in [5.41, 5.74) is 0.946. The molecule has 2 heterocycles. The van der Waals surface area contributed by atoms with Gasteiger partial charge in [0.25, 0.3) is 0 Å². The van der Waals surface area contributed by atoms with Gasteiger partial charge in [-0.25, -0.2) is 4.98 Å². The second kappa shape index (κ2) is 6.52. The number of amides is 1. The van der Waals surface area contributed by atoms with Gasteiger partial charge in [0, 0.05) is 12.0 Å². The average Bonchev–Trinajstić information content (AvgIpc) is 2.80. The Hall–Kier alpha value is -1.17. The minimum atomic E-state index is 0. The molecule has 6 heteroatoms. The highest BCUT2D eigenvalue weighted by molar-refractivity contribution is 7.22. The summed E-state index contributed by atoms with van der Waals surface area (Å²) in [4.78, 5) is 16.7. The minimum absolute atomic E-state index is 0. The first-order chi connectivity index (χ1) is 9.22. The lowest BCUT2D eigenvalue weighted by molar-refractivity contribution is -0.120. The van der Waals surface area contributed by atoms with Crippen molar-refractivity contribution in [2.24, 2.45) is 5.92 Å². The van der Waals surface area contributed by atoms with Gasteiger partial charge < -0.3 is 10.6 Å². The van der Waals surface area contributed by atoms with Gasteiger partial charge in [-0.05, 0) is 38.4 Å². The number of piperidine rings is 1. The SMILES string of the molecule is C[C@H]1C[C@@H](C(=O)Nc2nc3ccccc3s2)CCN1.Cl. The molecule has 3 rings (SSSR count). The molecule has 20 heavy (non-hydrogen) atoms. The van der Waals surface area contributed by atoms with Gasteiger partial charge >= 0.3 is 0 Å². The van der Waals surface area contributed by atoms with Crippen molar-refractivity contribution in [3.8, 4) is 0 Å². The average molecular weight is 312 g/mol. The van der Waals surface area contributed by atoms with Crippen LogP contribution in [-0.2, 0) is 4.79 Å². The summed E-state index contributed by atoms with van der Waals surface area (Å²) in [5, 5.41) is 7.03. The molecule has 1 aliphatic rings. The van der Waals surface area contributed by atoms with Gasteiger partial charge in [0.2, 0.25) is 5.91 Å². The fourth-order valence-electron chi connectivity index (χ4n) is 2.50. The molecule has 0 aliphatic carbocycles. The Balaban J connectivity index is 0.00000147. The zero-order valence-electron chi connectivity index (χ0n) is 11.3. The van der Waals surface area contributed by atoms with Crippen LogP contribution >= 0.6 is 23.7 Å². The van der Waals surface area contributed by atoms with Gasteiger partial charge in [0.15, 0.2) is 5.13 Å². The smallest absolute Gasteiger partial charge is 0.229 e. The Morgan fingerprint density at radius 3 is 3.00 bits per heavy atom. The molecule has 2 atom stereocenters. The van der Waals surface area contributed by atoms with E-state index in [0.717, 1.165) is 29.6 Å². The largest absolute Gasteiger partial charge is 0.314 e. The number of aromatic nitrogens is 1. The number of hydrogen-bond donors (Lipinski definition) is 2. The monoisotopic (exact) mass is 311 g/mol. The molecule has 0 radical (unpaired) electrons. The summed E-state index contributed by atoms with van der Waals surface area (Å²) in [6.07, 6.45) is 1.80. The summed E-state index contributed by atoms with van der Waals surface area (Å²) in [5.74, 6) is 0.204. The molecule has 1 aliphatic heterocycles. The van der Waals surface area contributed by atoms with Crippen molar-refractivity contribution in [2.75, 3.05) is 11.9 Å². The fourth-order valence-corrected chi connectivity index (χ4v) is 3.37. The highest BCUT2D eigenvalue weighted by Crippen LogP contribution is 2.26. The van der Waals surface area contributed by atoms with Gasteiger partial charge in [-0.1, -0.05) is 23.5 Å². The molecule has 0 bridgehead atoms. The second-order valence-corrected chi connectivity index (χ2v) is 6.08. The van der Waals surface area contributed by atoms with Crippen LogP contribution in [0.4, 0.5) is 5.13 Å². The number of thiazole rings is 1. The van der Waals surface area contributed by atoms with E-state index < -0.39 is 0 Å². The van der Waals surface area contributed by atoms with Crippen molar-refractivity contribution < 1.29 is 4.79 Å². The Morgan fingerprint density at radius 1 is 1.45 bits per heavy atom. The van der Waals surface area contributed by atoms with E-state index in [-0.39, 0.29) is 24.2 Å². The number of carbonyl (C=O) groups is 1. The predicted octanol–water partition coefficient (Wildman–Crippen LogP) is 3.04. The van der Waals surface area contributed by atoms with Crippen LogP contribution in [-0.4, -0.2) is 23.5 Å². The second-order valence-electron chi connectivity index (χ2n) is 5.05. The van der Waals surface area contributed by atoms with Gasteiger partial charge in [0.1, 0.15) is 0 Å². The van der Waals surface area contributed by atoms with Gasteiger partial charge in [0.05, 0.1) is 10.2 Å². The number of halogens is 1. The van der Waals surface area contributed by atoms with E-state index in [9.17, 15) is 4.79 Å². The van der Waals surface area contributed by atoms with Gasteiger partial charge in [-0.15, -0.1) is 12.4 Å². The number of hydrogen-bond acceptors (Lipinski definition) is 4. The Kier molecular flexibility index (Phi) is 4.96. The van der Waals surface area contributed by atoms with Crippen molar-refractivity contribution in [3.05, 3.63) is 24.3 Å². The molecule has 4 nitrogen and oxygen atoms in total. The Bertz CT molecular complexity index is 568. The van der Waals surface area contributed by atoms with Crippen molar-refractivity contribution in [1.29, 1.82) is 0 Å². The molecule has 0 unspecified atom stereocenters. The quantitative estimate of drug-likeness (QED) is 0.896. The zero-order chi connectivity index (χ0) is 13.2. The highest BCUT2D eigenvalue weighted by atomic mass is 35.5. The van der Waals surface area contributed by atoms with Crippen LogP contribution in [0.15, 0.2) is 24.3 Å². The van der Waals surface area contributed by atoms with E-state index in [1.165, 1.54) is 11.3 Å². The molecular formula is C14H18ClN3OS. The summed E-state index contributed by atoms with van der Waals surface area (Å²) in [6.45, 7) is 3.04. The lowest BCUT2D eigenvalue weighted by Gasteiger charge is -2.26. The maximum Gasteiger partial charge on any atom is 0.229 e. The third-order valence-electron chi connectivity index (χ3n) is 3.52. The lowest BCUT2D eigenvalue weighted by atomic mass is 9.93. The summed E-state index contributed by atoms with van der Waals surface area (Å²) in [6, 6.07) is 8.35. The molecule has 0 saturated carbocycles. The first kappa shape index (κ1) is 15.2. The standard InChI is InChI=1S/C14H17N3OS.ClH/c1-9-8-10(6-7-15-9)13(18)17-14-16-11-4-2-3-5-12(11)19-14;/h2-5,9-10,15H,6-8H2,1H3,(H,16,17,18);1H/t9-,10-;/m0./s1. The van der Waals surface area contributed by atoms with E-state index in [1.54, 1.807) is 0 Å². The number of para-hydroxylation sites is 1. The van der Waals surface area contributed by atoms with Crippen LogP contribution in [0.2, 0.25) is 0 Å². The molecule has 2 N–H and O–H groups in total. The van der Waals surface area contributed by atoms with E-state index in [4.69, 9.17) is 0 Å². The number of rotatable bonds is 2. The van der Waals surface area contributed by atoms with Crippen molar-refractivity contribution in [1.82, 2.24) is 10.3 Å². The van der Waals surface area contributed by atoms with E-state index in [1.807, 2.05) is 24.3 Å². The van der Waals surface area contributed by atoms with Crippen molar-refractivity contribution >= 4 is 45.0 Å². The van der Waals surface area contributed by atoms with Crippen LogP contribution in [0, 0.1) is 5.92 Å². The van der Waals surface area contributed by atoms with Crippen LogP contribution in [0.3, 0.4) is 0 Å². The summed E-state index contributed by atoms with van der Waals surface area (Å²) in [7, 11) is 0. The number of fused-ring (bicyclic) bond motifs is 1. The first-order valence-electron chi connectivity index (χ1n) is 6.62. The van der Waals surface area contributed by atoms with Crippen LogP contribution in [0.5, 0.6) is 0 Å². The maximum absolute atomic E-state index is 12.2. The Labute approximate surface area is 128 Å². The third-order valence-corrected chi connectivity index (χ3v) is 4.47. The summed E-state index contributed by atoms with van der Waals surface area (Å²) >= 11 is 1.53. The van der Waals surface area contributed by atoms with Crippen molar-refractivity contribution in [2.45, 2.75) is 25.8 Å². The summed E-state index contributed by atoms with van der Waals surface area (Å²) < 4.78 is 1.11. The van der Waals surface area contributed by atoms with Gasteiger partial charge in [-0.2, -0.15) is 0 Å². The van der Waals surface area contributed by atoms with Crippen LogP contribution < -0.4 is 10.6 Å². The molecule has 1 aromatic carbocycles. The fraction of sp³-hybridized carbons (Fsp3) is 0.429. The lowest BCUT2D eigenvalue weighted by Crippen LogP contribution is -2.40. The van der Waals surface area contributed by atoms with E-state index in [2.05, 4.69) is 22.5 Å². The molecule has 2 aromatic rings. The van der Waals surface area contributed by atoms with Gasteiger partial charge in [-0.3, -0.25) is 4.79 Å². The Morgan fingerprint density at radius 2 is 2.25 bits per heavy atom. The molecule has 1 saturated heterocycles. The van der Waals surface area contributed by atoms with Crippen LogP contribution in [0.1, 0.15) is 19.8 Å². The molecule has 1 amide bonds. The normalized spacial score (nSPS) is 22.2. The number of nitrogens with one attached hydrogen (secondary N) is 2. The molecule has 1 aromatic heterocycles. The first-order valence-corrected chi connectivity index (χ1v) is 7.44. The van der Waals surface area contributed by atoms with E-state index >= 15 is 0 Å². The number of carbonyl (C=O) groups excluding carboxylic acids is 1. The van der Waals surface area contributed by atoms with Crippen LogP contribution in [0.25, 0.3) is 10.2 Å². The zero-order valence-corrected chi connectivity index (χ0v) is 12.9. The molecular weight excluding hydrogens is 294 g/mol. The number of anilines is 1. The minimum Gasteiger partial charge on any atom is -0.314 e. The highest BCUT2D eigenvalue weighted by Gasteiger charge is 2.25. The molecule has 1 fully saturated rings. The number of nitrogens with zero attached hydrogens (tertiary/aromatic N) is 1. The maximum atomic E-state index is 12.2. The number of benzene rings is 1. The van der Waals surface area contributed by atoms with Crippen molar-refractivity contribution in [3.63, 3.8) is 0 Å². The molecule has 108 valence electrons.